The summed E-state index contributed by atoms with van der Waals surface area (Å²) in [6.45, 7) is 4.20. The number of rotatable bonds is 7. The lowest BCUT2D eigenvalue weighted by molar-refractivity contribution is 0.0695. The number of hydrogen-bond acceptors (Lipinski definition) is 6. The molecule has 8 heteroatoms. The highest BCUT2D eigenvalue weighted by molar-refractivity contribution is 7.86. The first kappa shape index (κ1) is 19.3. The van der Waals surface area contributed by atoms with Gasteiger partial charge < -0.3 is 13.8 Å². The van der Waals surface area contributed by atoms with E-state index >= 15 is 0 Å². The highest BCUT2D eigenvalue weighted by atomic mass is 32.2. The summed E-state index contributed by atoms with van der Waals surface area (Å²) in [5, 5.41) is 1.86. The van der Waals surface area contributed by atoms with Crippen molar-refractivity contribution in [3.05, 3.63) is 46.2 Å². The molecule has 0 aliphatic rings. The second-order valence-electron chi connectivity index (χ2n) is 5.78. The monoisotopic (exact) mass is 383 g/mol. The van der Waals surface area contributed by atoms with Crippen LogP contribution in [0.1, 0.15) is 29.1 Å². The minimum Gasteiger partial charge on any atom is -0.493 e. The topological polar surface area (TPSA) is 72.9 Å². The van der Waals surface area contributed by atoms with Crippen molar-refractivity contribution in [1.29, 1.82) is 0 Å². The van der Waals surface area contributed by atoms with Gasteiger partial charge in [0, 0.05) is 12.6 Å². The van der Waals surface area contributed by atoms with Crippen LogP contribution in [0.5, 0.6) is 11.5 Å². The van der Waals surface area contributed by atoms with Gasteiger partial charge in [-0.2, -0.15) is 8.42 Å². The summed E-state index contributed by atoms with van der Waals surface area (Å²) in [5.41, 5.74) is 0.748. The largest absolute Gasteiger partial charge is 0.493 e. The number of carbonyl (C=O) groups excluding carboxylic acids is 1. The maximum atomic E-state index is 12.7. The molecule has 0 aliphatic carbocycles. The van der Waals surface area contributed by atoms with E-state index in [9.17, 15) is 13.2 Å². The number of carbonyl (C=O) groups is 1. The molecule has 0 spiro atoms. The first-order valence-electron chi connectivity index (χ1n) is 7.62. The third-order valence-electron chi connectivity index (χ3n) is 3.44. The highest BCUT2D eigenvalue weighted by Crippen LogP contribution is 2.30. The van der Waals surface area contributed by atoms with Crippen molar-refractivity contribution in [1.82, 2.24) is 4.90 Å². The number of nitrogens with zero attached hydrogens (tertiary/aromatic N) is 1. The van der Waals surface area contributed by atoms with E-state index < -0.39 is 10.1 Å². The summed E-state index contributed by atoms with van der Waals surface area (Å²) in [5.74, 6) is 0.357. The molecule has 0 aliphatic heterocycles. The van der Waals surface area contributed by atoms with Crippen molar-refractivity contribution in [2.45, 2.75) is 26.4 Å². The molecular formula is C17H21NO5S2. The van der Waals surface area contributed by atoms with E-state index in [4.69, 9.17) is 8.92 Å². The van der Waals surface area contributed by atoms with E-state index in [-0.39, 0.29) is 17.7 Å². The van der Waals surface area contributed by atoms with Gasteiger partial charge in [-0.15, -0.1) is 11.3 Å². The average Bonchev–Trinajstić information content (AvgIpc) is 3.04. The number of thiophene rings is 1. The van der Waals surface area contributed by atoms with Crippen LogP contribution in [0, 0.1) is 0 Å². The third-order valence-corrected chi connectivity index (χ3v) is 4.78. The summed E-state index contributed by atoms with van der Waals surface area (Å²) in [7, 11) is -2.25. The van der Waals surface area contributed by atoms with Crippen LogP contribution in [0.25, 0.3) is 0 Å². The van der Waals surface area contributed by atoms with Crippen molar-refractivity contribution < 1.29 is 22.1 Å². The SMILES string of the molecule is COc1ccc(CN(C(=O)c2cccs2)C(C)C)cc1OS(C)(=O)=O. The Morgan fingerprint density at radius 3 is 2.48 bits per heavy atom. The lowest BCUT2D eigenvalue weighted by Gasteiger charge is -2.26. The van der Waals surface area contributed by atoms with E-state index in [0.717, 1.165) is 11.8 Å². The Labute approximate surface area is 152 Å². The number of amides is 1. The molecule has 2 aromatic rings. The van der Waals surface area contributed by atoms with Gasteiger partial charge in [-0.3, -0.25) is 4.79 Å². The Morgan fingerprint density at radius 1 is 1.24 bits per heavy atom. The van der Waals surface area contributed by atoms with Crippen molar-refractivity contribution in [2.24, 2.45) is 0 Å². The molecule has 0 unspecified atom stereocenters. The van der Waals surface area contributed by atoms with Gasteiger partial charge in [0.2, 0.25) is 0 Å². The fourth-order valence-corrected chi connectivity index (χ4v) is 3.41. The van der Waals surface area contributed by atoms with E-state index in [1.165, 1.54) is 18.4 Å². The molecule has 1 aromatic carbocycles. The number of hydrogen-bond donors (Lipinski definition) is 0. The molecule has 0 radical (unpaired) electrons. The third kappa shape index (κ3) is 5.20. The van der Waals surface area contributed by atoms with Crippen molar-refractivity contribution in [3.63, 3.8) is 0 Å². The summed E-state index contributed by atoms with van der Waals surface area (Å²) in [6, 6.07) is 8.60. The molecule has 0 bridgehead atoms. The van der Waals surface area contributed by atoms with Crippen LogP contribution >= 0.6 is 11.3 Å². The van der Waals surface area contributed by atoms with Gasteiger partial charge >= 0.3 is 10.1 Å². The van der Waals surface area contributed by atoms with E-state index in [2.05, 4.69) is 0 Å². The van der Waals surface area contributed by atoms with Crippen molar-refractivity contribution in [3.8, 4) is 11.5 Å². The fraction of sp³-hybridized carbons (Fsp3) is 0.353. The first-order chi connectivity index (χ1) is 11.7. The summed E-state index contributed by atoms with van der Waals surface area (Å²) < 4.78 is 33.0. The number of ether oxygens (including phenoxy) is 1. The van der Waals surface area contributed by atoms with Gasteiger partial charge in [-0.1, -0.05) is 12.1 Å². The zero-order valence-corrected chi connectivity index (χ0v) is 16.2. The van der Waals surface area contributed by atoms with Crippen LogP contribution in [0.4, 0.5) is 0 Å². The Morgan fingerprint density at radius 2 is 1.96 bits per heavy atom. The molecule has 1 aromatic heterocycles. The van der Waals surface area contributed by atoms with Crippen molar-refractivity contribution >= 4 is 27.4 Å². The normalized spacial score (nSPS) is 11.4. The lowest BCUT2D eigenvalue weighted by Crippen LogP contribution is -2.36. The van der Waals surface area contributed by atoms with Gasteiger partial charge in [0.1, 0.15) is 0 Å². The Balaban J connectivity index is 2.30. The van der Waals surface area contributed by atoms with Crippen LogP contribution < -0.4 is 8.92 Å². The van der Waals surface area contributed by atoms with Gasteiger partial charge in [0.25, 0.3) is 5.91 Å². The van der Waals surface area contributed by atoms with Crippen molar-refractivity contribution in [2.75, 3.05) is 13.4 Å². The molecule has 2 rings (SSSR count). The molecule has 6 nitrogen and oxygen atoms in total. The maximum Gasteiger partial charge on any atom is 0.306 e. The molecule has 0 fully saturated rings. The van der Waals surface area contributed by atoms with Gasteiger partial charge in [0.05, 0.1) is 18.2 Å². The van der Waals surface area contributed by atoms with E-state index in [1.807, 2.05) is 25.3 Å². The molecular weight excluding hydrogens is 362 g/mol. The van der Waals surface area contributed by atoms with Crippen LogP contribution in [0.2, 0.25) is 0 Å². The van der Waals surface area contributed by atoms with Crippen LogP contribution in [-0.4, -0.2) is 38.6 Å². The molecule has 1 heterocycles. The van der Waals surface area contributed by atoms with Crippen LogP contribution in [0.15, 0.2) is 35.7 Å². The molecule has 25 heavy (non-hydrogen) atoms. The Bertz CT molecular complexity index is 829. The molecule has 0 N–H and O–H groups in total. The molecule has 1 amide bonds. The standard InChI is InChI=1S/C17H21NO5S2/c1-12(2)18(17(19)16-6-5-9-24-16)11-13-7-8-14(22-3)15(10-13)23-25(4,20)21/h5-10,12H,11H2,1-4H3. The zero-order valence-electron chi connectivity index (χ0n) is 14.6. The second kappa shape index (κ2) is 7.88. The predicted octanol–water partition coefficient (Wildman–Crippen LogP) is 3.15. The molecule has 0 saturated heterocycles. The first-order valence-corrected chi connectivity index (χ1v) is 10.3. The molecule has 0 atom stereocenters. The molecule has 0 saturated carbocycles. The predicted molar refractivity (Wildman–Crippen MR) is 97.8 cm³/mol. The van der Waals surface area contributed by atoms with E-state index in [1.54, 1.807) is 29.2 Å². The number of methoxy groups -OCH3 is 1. The van der Waals surface area contributed by atoms with Gasteiger partial charge in [0.15, 0.2) is 11.5 Å². The average molecular weight is 383 g/mol. The Hall–Kier alpha value is -2.06. The van der Waals surface area contributed by atoms with E-state index in [0.29, 0.717) is 17.2 Å². The zero-order chi connectivity index (χ0) is 18.6. The fourth-order valence-electron chi connectivity index (χ4n) is 2.28. The number of benzene rings is 1. The maximum absolute atomic E-state index is 12.7. The minimum absolute atomic E-state index is 0.0176. The van der Waals surface area contributed by atoms with Gasteiger partial charge in [-0.05, 0) is 43.0 Å². The second-order valence-corrected chi connectivity index (χ2v) is 8.30. The smallest absolute Gasteiger partial charge is 0.306 e. The lowest BCUT2D eigenvalue weighted by atomic mass is 10.1. The van der Waals surface area contributed by atoms with Crippen LogP contribution in [0.3, 0.4) is 0 Å². The quantitative estimate of drug-likeness (QED) is 0.687. The summed E-state index contributed by atoms with van der Waals surface area (Å²) in [6.07, 6.45) is 0.972. The summed E-state index contributed by atoms with van der Waals surface area (Å²) in [4.78, 5) is 15.1. The highest BCUT2D eigenvalue weighted by Gasteiger charge is 2.21. The minimum atomic E-state index is -3.68. The van der Waals surface area contributed by atoms with Crippen LogP contribution in [-0.2, 0) is 16.7 Å². The summed E-state index contributed by atoms with van der Waals surface area (Å²) >= 11 is 1.39. The van der Waals surface area contributed by atoms with Gasteiger partial charge in [-0.25, -0.2) is 0 Å². The Kier molecular flexibility index (Phi) is 6.07. The molecule has 136 valence electrons.